The van der Waals surface area contributed by atoms with Gasteiger partial charge >= 0.3 is 0 Å². The minimum absolute atomic E-state index is 0.179. The fourth-order valence-corrected chi connectivity index (χ4v) is 3.55. The first-order valence-corrected chi connectivity index (χ1v) is 10.8. The number of nitrogens with two attached hydrogens (primary N) is 2. The number of aromatic nitrogens is 2. The number of rotatable bonds is 9. The smallest absolute Gasteiger partial charge is 0.164 e. The van der Waals surface area contributed by atoms with E-state index in [0.717, 1.165) is 16.8 Å². The van der Waals surface area contributed by atoms with E-state index < -0.39 is 6.04 Å². The number of nitriles is 1. The van der Waals surface area contributed by atoms with Gasteiger partial charge in [0.2, 0.25) is 0 Å². The number of nitrogens with one attached hydrogen (secondary N) is 1. The summed E-state index contributed by atoms with van der Waals surface area (Å²) in [6.07, 6.45) is 0. The van der Waals surface area contributed by atoms with Crippen LogP contribution in [0.25, 0.3) is 11.4 Å². The summed E-state index contributed by atoms with van der Waals surface area (Å²) in [6.45, 7) is 1.37. The van der Waals surface area contributed by atoms with Crippen molar-refractivity contribution in [2.24, 2.45) is 0 Å². The quantitative estimate of drug-likeness (QED) is 0.412. The van der Waals surface area contributed by atoms with Crippen LogP contribution in [-0.2, 0) is 0 Å². The summed E-state index contributed by atoms with van der Waals surface area (Å²) < 4.78 is 0. The van der Waals surface area contributed by atoms with E-state index in [4.69, 9.17) is 34.7 Å². The number of halogens is 2. The predicted octanol–water partition coefficient (Wildman–Crippen LogP) is 4.27. The molecule has 0 fully saturated rings. The van der Waals surface area contributed by atoms with Crippen LogP contribution in [0.15, 0.2) is 54.6 Å². The Kier molecular flexibility index (Phi) is 7.76. The van der Waals surface area contributed by atoms with Crippen molar-refractivity contribution in [3.8, 4) is 17.5 Å². The molecule has 1 aromatic heterocycles. The van der Waals surface area contributed by atoms with Crippen LogP contribution in [0.1, 0.15) is 11.6 Å². The van der Waals surface area contributed by atoms with Crippen LogP contribution >= 0.6 is 23.2 Å². The van der Waals surface area contributed by atoms with Gasteiger partial charge in [0.05, 0.1) is 6.07 Å². The SMILES string of the molecule is N#C[C@@H](Nc1c(N)nc(-c2ccccc2)nc1N)c1ccc(N(CCCl)CCCl)cc1. The normalized spacial score (nSPS) is 11.5. The Balaban J connectivity index is 1.82. The van der Waals surface area contributed by atoms with Gasteiger partial charge in [-0.1, -0.05) is 42.5 Å². The van der Waals surface area contributed by atoms with E-state index in [1.54, 1.807) is 0 Å². The van der Waals surface area contributed by atoms with E-state index in [2.05, 4.69) is 26.3 Å². The Morgan fingerprint density at radius 3 is 2.03 bits per heavy atom. The molecule has 0 aliphatic rings. The molecule has 9 heteroatoms. The highest BCUT2D eigenvalue weighted by Gasteiger charge is 2.17. The lowest BCUT2D eigenvalue weighted by molar-refractivity contribution is 0.872. The summed E-state index contributed by atoms with van der Waals surface area (Å²) >= 11 is 11.8. The number of hydrogen-bond donors (Lipinski definition) is 3. The number of anilines is 4. The predicted molar refractivity (Wildman–Crippen MR) is 128 cm³/mol. The van der Waals surface area contributed by atoms with Crippen LogP contribution in [0, 0.1) is 11.3 Å². The first-order valence-electron chi connectivity index (χ1n) is 9.68. The number of alkyl halides is 2. The van der Waals surface area contributed by atoms with Crippen molar-refractivity contribution in [2.75, 3.05) is 46.5 Å². The maximum absolute atomic E-state index is 9.72. The van der Waals surface area contributed by atoms with Crippen LogP contribution in [0.5, 0.6) is 0 Å². The van der Waals surface area contributed by atoms with Crippen molar-refractivity contribution in [3.05, 3.63) is 60.2 Å². The summed E-state index contributed by atoms with van der Waals surface area (Å²) in [7, 11) is 0. The van der Waals surface area contributed by atoms with Gasteiger partial charge in [-0.25, -0.2) is 9.97 Å². The van der Waals surface area contributed by atoms with Crippen molar-refractivity contribution in [1.82, 2.24) is 9.97 Å². The minimum Gasteiger partial charge on any atom is -0.382 e. The second-order valence-corrected chi connectivity index (χ2v) is 7.48. The van der Waals surface area contributed by atoms with Gasteiger partial charge in [-0.15, -0.1) is 23.2 Å². The summed E-state index contributed by atoms with van der Waals surface area (Å²) in [5, 5.41) is 12.8. The number of nitrogen functional groups attached to an aromatic ring is 2. The lowest BCUT2D eigenvalue weighted by atomic mass is 10.1. The molecule has 1 atom stereocenters. The molecule has 160 valence electrons. The van der Waals surface area contributed by atoms with Gasteiger partial charge in [-0.3, -0.25) is 0 Å². The fraction of sp³-hybridized carbons (Fsp3) is 0.227. The summed E-state index contributed by atoms with van der Waals surface area (Å²) in [5.74, 6) is 1.78. The second kappa shape index (κ2) is 10.7. The third-order valence-electron chi connectivity index (χ3n) is 4.72. The van der Waals surface area contributed by atoms with Crippen LogP contribution in [0.4, 0.5) is 23.0 Å². The van der Waals surface area contributed by atoms with Crippen molar-refractivity contribution in [1.29, 1.82) is 5.26 Å². The summed E-state index contributed by atoms with van der Waals surface area (Å²) in [5.41, 5.74) is 15.2. The van der Waals surface area contributed by atoms with Gasteiger partial charge in [0, 0.05) is 36.1 Å². The molecule has 2 aromatic carbocycles. The van der Waals surface area contributed by atoms with E-state index >= 15 is 0 Å². The van der Waals surface area contributed by atoms with Crippen LogP contribution in [0.3, 0.4) is 0 Å². The first kappa shape index (κ1) is 22.5. The zero-order valence-electron chi connectivity index (χ0n) is 16.8. The highest BCUT2D eigenvalue weighted by Crippen LogP contribution is 2.30. The van der Waals surface area contributed by atoms with Crippen LogP contribution in [0.2, 0.25) is 0 Å². The first-order chi connectivity index (χ1) is 15.1. The average Bonchev–Trinajstić information content (AvgIpc) is 2.79. The van der Waals surface area contributed by atoms with Gasteiger partial charge in [0.1, 0.15) is 11.7 Å². The maximum Gasteiger partial charge on any atom is 0.164 e. The van der Waals surface area contributed by atoms with E-state index in [9.17, 15) is 5.26 Å². The van der Waals surface area contributed by atoms with Gasteiger partial charge in [0.15, 0.2) is 17.5 Å². The molecule has 0 unspecified atom stereocenters. The number of hydrogen-bond acceptors (Lipinski definition) is 7. The van der Waals surface area contributed by atoms with Crippen LogP contribution < -0.4 is 21.7 Å². The Morgan fingerprint density at radius 1 is 0.935 bits per heavy atom. The molecule has 0 aliphatic carbocycles. The highest BCUT2D eigenvalue weighted by molar-refractivity contribution is 6.18. The third-order valence-corrected chi connectivity index (χ3v) is 5.05. The molecule has 3 rings (SSSR count). The van der Waals surface area contributed by atoms with Crippen molar-refractivity contribution in [2.45, 2.75) is 6.04 Å². The zero-order chi connectivity index (χ0) is 22.2. The van der Waals surface area contributed by atoms with Gasteiger partial charge in [0.25, 0.3) is 0 Å². The van der Waals surface area contributed by atoms with Crippen molar-refractivity contribution >= 4 is 46.2 Å². The topological polar surface area (TPSA) is 117 Å². The molecule has 0 amide bonds. The highest BCUT2D eigenvalue weighted by atomic mass is 35.5. The molecular formula is C22H23Cl2N7. The number of nitrogens with zero attached hydrogens (tertiary/aromatic N) is 4. The Labute approximate surface area is 191 Å². The summed E-state index contributed by atoms with van der Waals surface area (Å²) in [4.78, 5) is 10.8. The molecule has 7 nitrogen and oxygen atoms in total. The average molecular weight is 456 g/mol. The van der Waals surface area contributed by atoms with Gasteiger partial charge < -0.3 is 21.7 Å². The van der Waals surface area contributed by atoms with E-state index in [1.165, 1.54) is 0 Å². The Hall–Kier alpha value is -3.21. The molecule has 0 bridgehead atoms. The molecule has 0 saturated carbocycles. The zero-order valence-corrected chi connectivity index (χ0v) is 18.3. The molecule has 5 N–H and O–H groups in total. The third kappa shape index (κ3) is 5.48. The molecule has 0 saturated heterocycles. The molecule has 0 spiro atoms. The molecule has 31 heavy (non-hydrogen) atoms. The Morgan fingerprint density at radius 2 is 1.52 bits per heavy atom. The van der Waals surface area contributed by atoms with Gasteiger partial charge in [-0.2, -0.15) is 5.26 Å². The molecule has 3 aromatic rings. The maximum atomic E-state index is 9.72. The molecule has 1 heterocycles. The van der Waals surface area contributed by atoms with E-state index in [-0.39, 0.29) is 11.6 Å². The minimum atomic E-state index is -0.681. The second-order valence-electron chi connectivity index (χ2n) is 6.72. The molecule has 0 radical (unpaired) electrons. The van der Waals surface area contributed by atoms with E-state index in [0.29, 0.717) is 36.4 Å². The lowest BCUT2D eigenvalue weighted by Crippen LogP contribution is -2.27. The van der Waals surface area contributed by atoms with Crippen LogP contribution in [-0.4, -0.2) is 34.8 Å². The largest absolute Gasteiger partial charge is 0.382 e. The summed E-state index contributed by atoms with van der Waals surface area (Å²) in [6, 6.07) is 18.6. The standard InChI is InChI=1S/C22H23Cl2N7/c23-10-12-31(13-11-24)17-8-6-15(7-9-17)18(14-25)28-19-20(26)29-22(30-21(19)27)16-4-2-1-3-5-16/h1-9,18,28H,10-13H2,(H4,26,27,29,30)/t18-/m1/s1. The number of benzene rings is 2. The molecule has 0 aliphatic heterocycles. The Bertz CT molecular complexity index is 1010. The van der Waals surface area contributed by atoms with Gasteiger partial charge in [-0.05, 0) is 17.7 Å². The molecular weight excluding hydrogens is 433 g/mol. The fourth-order valence-electron chi connectivity index (χ4n) is 3.15. The monoisotopic (exact) mass is 455 g/mol. The van der Waals surface area contributed by atoms with E-state index in [1.807, 2.05) is 54.6 Å². The lowest BCUT2D eigenvalue weighted by Gasteiger charge is -2.23. The van der Waals surface area contributed by atoms with Crippen molar-refractivity contribution in [3.63, 3.8) is 0 Å². The van der Waals surface area contributed by atoms with Crippen molar-refractivity contribution < 1.29 is 0 Å².